The number of nitrogens with zero attached hydrogens (tertiary/aromatic N) is 3. The molecule has 1 unspecified atom stereocenters. The van der Waals surface area contributed by atoms with Crippen LogP contribution in [0.4, 0.5) is 5.69 Å². The molecule has 1 amide bonds. The fraction of sp³-hybridized carbons (Fsp3) is 0.500. The Hall–Kier alpha value is -2.95. The van der Waals surface area contributed by atoms with Gasteiger partial charge in [0.2, 0.25) is 10.0 Å². The van der Waals surface area contributed by atoms with Crippen LogP contribution in [-0.2, 0) is 14.8 Å². The van der Waals surface area contributed by atoms with Gasteiger partial charge in [-0.25, -0.2) is 17.5 Å². The predicted molar refractivity (Wildman–Crippen MR) is 160 cm³/mol. The first-order valence-corrected chi connectivity index (χ1v) is 15.9. The van der Waals surface area contributed by atoms with E-state index in [9.17, 15) is 23.1 Å². The van der Waals surface area contributed by atoms with Crippen LogP contribution >= 0.6 is 11.6 Å². The minimum Gasteiger partial charge on any atom is -0.478 e. The van der Waals surface area contributed by atoms with Gasteiger partial charge in [0.05, 0.1) is 16.9 Å². The Kier molecular flexibility index (Phi) is 7.72. The summed E-state index contributed by atoms with van der Waals surface area (Å²) in [7, 11) is -3.37. The summed E-state index contributed by atoms with van der Waals surface area (Å²) >= 11 is 6.31. The number of hydrogen-bond donors (Lipinski definition) is 2. The molecule has 2 aromatic rings. The molecule has 1 aliphatic carbocycles. The van der Waals surface area contributed by atoms with E-state index in [4.69, 9.17) is 22.3 Å². The highest BCUT2D eigenvalue weighted by molar-refractivity contribution is 7.90. The molecule has 5 rings (SSSR count). The first-order chi connectivity index (χ1) is 19.2. The van der Waals surface area contributed by atoms with Crippen molar-refractivity contribution in [2.24, 2.45) is 10.4 Å². The van der Waals surface area contributed by atoms with Gasteiger partial charge < -0.3 is 15.7 Å². The van der Waals surface area contributed by atoms with Crippen molar-refractivity contribution >= 4 is 44.9 Å². The molecule has 1 spiro atoms. The average molecular weight is 601 g/mol. The number of hydrogen-bond acceptors (Lipinski definition) is 6. The number of rotatable bonds is 8. The number of carbonyl (C=O) groups excluding carboxylic acids is 1. The Balaban J connectivity index is 1.58. The van der Waals surface area contributed by atoms with E-state index >= 15 is 0 Å². The topological polar surface area (TPSA) is 133 Å². The van der Waals surface area contributed by atoms with Crippen LogP contribution in [0.5, 0.6) is 0 Å². The zero-order chi connectivity index (χ0) is 29.7. The molecule has 11 heteroatoms. The van der Waals surface area contributed by atoms with Gasteiger partial charge in [-0.1, -0.05) is 44.5 Å². The summed E-state index contributed by atoms with van der Waals surface area (Å²) in [6.07, 6.45) is 3.49. The molecule has 0 aromatic heterocycles. The lowest BCUT2D eigenvalue weighted by Gasteiger charge is -2.46. The molecule has 3 N–H and O–H groups in total. The van der Waals surface area contributed by atoms with Crippen molar-refractivity contribution < 1.29 is 23.1 Å². The molecule has 2 aromatic carbocycles. The number of nitrogen functional groups attached to an aromatic ring is 1. The highest BCUT2D eigenvalue weighted by Crippen LogP contribution is 2.46. The van der Waals surface area contributed by atoms with E-state index in [2.05, 4.69) is 20.8 Å². The average Bonchev–Trinajstić information content (AvgIpc) is 3.71. The van der Waals surface area contributed by atoms with Crippen molar-refractivity contribution in [3.8, 4) is 0 Å². The summed E-state index contributed by atoms with van der Waals surface area (Å²) in [5.41, 5.74) is 7.24. The molecular weight excluding hydrogens is 564 g/mol. The van der Waals surface area contributed by atoms with Gasteiger partial charge in [-0.2, -0.15) is 0 Å². The van der Waals surface area contributed by atoms with Gasteiger partial charge in [-0.05, 0) is 67.0 Å². The number of halogens is 1. The number of sulfonamides is 1. The zero-order valence-electron chi connectivity index (χ0n) is 23.6. The van der Waals surface area contributed by atoms with Crippen LogP contribution < -0.4 is 5.73 Å². The fourth-order valence-corrected chi connectivity index (χ4v) is 7.96. The van der Waals surface area contributed by atoms with Crippen molar-refractivity contribution in [3.63, 3.8) is 0 Å². The van der Waals surface area contributed by atoms with Gasteiger partial charge in [0.15, 0.2) is 0 Å². The van der Waals surface area contributed by atoms with Crippen LogP contribution in [0, 0.1) is 5.41 Å². The number of benzene rings is 2. The van der Waals surface area contributed by atoms with Crippen LogP contribution in [0.3, 0.4) is 0 Å². The van der Waals surface area contributed by atoms with E-state index in [1.807, 2.05) is 4.90 Å². The van der Waals surface area contributed by atoms with Gasteiger partial charge >= 0.3 is 5.97 Å². The summed E-state index contributed by atoms with van der Waals surface area (Å²) in [5, 5.41) is 9.54. The molecule has 9 nitrogen and oxygen atoms in total. The first kappa shape index (κ1) is 29.5. The standard InChI is InChI=1S/C30H37ClN4O5S/c1-29(2,3)11-10-25(19-4-6-20(7-5-19)28(37)38)35-27(36)26(21-16-22(31)18-23(32)17-21)33-30(35)12-14-34(15-13-30)41(39,40)24-8-9-24/h4-7,16-18,24-25H,8-15,32H2,1-3H3,(H,37,38). The molecular formula is C30H37ClN4O5S. The normalized spacial score (nSPS) is 20.3. The second kappa shape index (κ2) is 10.7. The minimum absolute atomic E-state index is 0.0258. The van der Waals surface area contributed by atoms with Crippen LogP contribution in [0.1, 0.15) is 86.8 Å². The Morgan fingerprint density at radius 1 is 1.15 bits per heavy atom. The molecule has 1 saturated carbocycles. The summed E-state index contributed by atoms with van der Waals surface area (Å²) in [6, 6.07) is 11.2. The largest absolute Gasteiger partial charge is 0.478 e. The molecule has 0 radical (unpaired) electrons. The Labute approximate surface area is 246 Å². The maximum Gasteiger partial charge on any atom is 0.335 e. The second-order valence-corrected chi connectivity index (χ2v) is 15.2. The van der Waals surface area contributed by atoms with E-state index in [1.54, 1.807) is 46.8 Å². The lowest BCUT2D eigenvalue weighted by atomic mass is 9.85. The monoisotopic (exact) mass is 600 g/mol. The highest BCUT2D eigenvalue weighted by atomic mass is 35.5. The number of aromatic carboxylic acids is 1. The van der Waals surface area contributed by atoms with Crippen LogP contribution in [0.2, 0.25) is 5.02 Å². The Morgan fingerprint density at radius 2 is 1.78 bits per heavy atom. The van der Waals surface area contributed by atoms with E-state index in [1.165, 1.54) is 0 Å². The summed E-state index contributed by atoms with van der Waals surface area (Å²) < 4.78 is 27.6. The molecule has 2 aliphatic heterocycles. The summed E-state index contributed by atoms with van der Waals surface area (Å²) in [6.45, 7) is 6.94. The fourth-order valence-electron chi connectivity index (χ4n) is 5.87. The molecule has 0 bridgehead atoms. The van der Waals surface area contributed by atoms with Crippen LogP contribution in [0.15, 0.2) is 47.5 Å². The Morgan fingerprint density at radius 3 is 2.32 bits per heavy atom. The molecule has 1 saturated heterocycles. The van der Waals surface area contributed by atoms with Crippen molar-refractivity contribution in [3.05, 3.63) is 64.2 Å². The van der Waals surface area contributed by atoms with Crippen molar-refractivity contribution in [1.82, 2.24) is 9.21 Å². The summed E-state index contributed by atoms with van der Waals surface area (Å²) in [5.74, 6) is -1.30. The number of carbonyl (C=O) groups is 2. The SMILES string of the molecule is CC(C)(C)CCC(c1ccc(C(=O)O)cc1)N1C(=O)C(c2cc(N)cc(Cl)c2)=NC12CCN(S(=O)(=O)C1CC1)CC2. The molecule has 220 valence electrons. The van der Waals surface area contributed by atoms with Gasteiger partial charge in [0.1, 0.15) is 11.4 Å². The van der Waals surface area contributed by atoms with E-state index in [0.717, 1.165) is 12.0 Å². The maximum atomic E-state index is 14.4. The van der Waals surface area contributed by atoms with Crippen LogP contribution in [0.25, 0.3) is 0 Å². The van der Waals surface area contributed by atoms with Gasteiger partial charge in [0, 0.05) is 42.2 Å². The molecule has 2 fully saturated rings. The number of piperidine rings is 1. The quantitative estimate of drug-likeness (QED) is 0.405. The number of carboxylic acid groups (broad SMARTS) is 1. The molecule has 2 heterocycles. The second-order valence-electron chi connectivity index (χ2n) is 12.6. The Bertz CT molecular complexity index is 1470. The zero-order valence-corrected chi connectivity index (χ0v) is 25.2. The smallest absolute Gasteiger partial charge is 0.335 e. The number of nitrogens with two attached hydrogens (primary N) is 1. The molecule has 41 heavy (non-hydrogen) atoms. The summed E-state index contributed by atoms with van der Waals surface area (Å²) in [4.78, 5) is 32.8. The maximum absolute atomic E-state index is 14.4. The predicted octanol–water partition coefficient (Wildman–Crippen LogP) is 5.10. The third kappa shape index (κ3) is 6.01. The van der Waals surface area contributed by atoms with Crippen molar-refractivity contribution in [2.45, 2.75) is 76.3 Å². The van der Waals surface area contributed by atoms with Crippen molar-refractivity contribution in [2.75, 3.05) is 18.8 Å². The van der Waals surface area contributed by atoms with E-state index < -0.39 is 27.7 Å². The number of amides is 1. The number of carboxylic acids is 1. The van der Waals surface area contributed by atoms with Gasteiger partial charge in [0.25, 0.3) is 5.91 Å². The lowest BCUT2D eigenvalue weighted by Crippen LogP contribution is -2.55. The molecule has 1 atom stereocenters. The first-order valence-electron chi connectivity index (χ1n) is 14.0. The van der Waals surface area contributed by atoms with Crippen LogP contribution in [-0.4, -0.2) is 64.3 Å². The van der Waals surface area contributed by atoms with Crippen molar-refractivity contribution in [1.29, 1.82) is 0 Å². The number of anilines is 1. The minimum atomic E-state index is -3.37. The third-order valence-electron chi connectivity index (χ3n) is 8.23. The number of aliphatic imine (C=N–C) groups is 1. The van der Waals surface area contributed by atoms with E-state index in [-0.39, 0.29) is 40.9 Å². The third-order valence-corrected chi connectivity index (χ3v) is 10.9. The molecule has 3 aliphatic rings. The van der Waals surface area contributed by atoms with Gasteiger partial charge in [-0.3, -0.25) is 9.79 Å². The highest BCUT2D eigenvalue weighted by Gasteiger charge is 2.54. The van der Waals surface area contributed by atoms with Gasteiger partial charge in [-0.15, -0.1) is 0 Å². The van der Waals surface area contributed by atoms with E-state index in [0.29, 0.717) is 48.4 Å². The lowest BCUT2D eigenvalue weighted by molar-refractivity contribution is -0.133.